The number of ketones is 1. The molecule has 0 aliphatic carbocycles. The van der Waals surface area contributed by atoms with Crippen LogP contribution in [0.5, 0.6) is 0 Å². The molecule has 3 atom stereocenters. The number of carbonyl (C=O) groups excluding carboxylic acids is 1. The zero-order chi connectivity index (χ0) is 9.72. The van der Waals surface area contributed by atoms with Gasteiger partial charge in [-0.15, -0.1) is 0 Å². The van der Waals surface area contributed by atoms with Crippen LogP contribution < -0.4 is 5.73 Å². The van der Waals surface area contributed by atoms with Crippen LogP contribution in [0.4, 0.5) is 0 Å². The Balaban J connectivity index is 4.08. The second-order valence-corrected chi connectivity index (χ2v) is 2.41. The van der Waals surface area contributed by atoms with Gasteiger partial charge in [-0.1, -0.05) is 0 Å². The number of hydrogen-bond donors (Lipinski definition) is 5. The molecule has 0 aliphatic heterocycles. The molecule has 0 saturated carbocycles. The Morgan fingerprint density at radius 1 is 1.33 bits per heavy atom. The molecule has 0 heterocycles. The molecule has 6 N–H and O–H groups in total. The van der Waals surface area contributed by atoms with E-state index in [-0.39, 0.29) is 0 Å². The number of rotatable bonds is 5. The Morgan fingerprint density at radius 3 is 2.17 bits per heavy atom. The second kappa shape index (κ2) is 5.18. The molecule has 0 rings (SSSR count). The third-order valence-electron chi connectivity index (χ3n) is 1.46. The SMILES string of the molecule is N[C@@H](CO)[C@@H](O)[C@@H](O)C(=O)CO. The lowest BCUT2D eigenvalue weighted by Crippen LogP contribution is -2.49. The second-order valence-electron chi connectivity index (χ2n) is 2.41. The Hall–Kier alpha value is -0.530. The van der Waals surface area contributed by atoms with Gasteiger partial charge in [-0.25, -0.2) is 0 Å². The van der Waals surface area contributed by atoms with Gasteiger partial charge in [0.15, 0.2) is 5.78 Å². The smallest absolute Gasteiger partial charge is 0.189 e. The van der Waals surface area contributed by atoms with Crippen molar-refractivity contribution < 1.29 is 25.2 Å². The average Bonchev–Trinajstić information content (AvgIpc) is 2.12. The van der Waals surface area contributed by atoms with Crippen molar-refractivity contribution in [2.75, 3.05) is 13.2 Å². The van der Waals surface area contributed by atoms with Crippen molar-refractivity contribution in [2.24, 2.45) is 5.73 Å². The molecule has 0 radical (unpaired) electrons. The van der Waals surface area contributed by atoms with Crippen molar-refractivity contribution in [3.8, 4) is 0 Å². The van der Waals surface area contributed by atoms with E-state index in [9.17, 15) is 4.79 Å². The molecule has 0 aromatic rings. The molecule has 12 heavy (non-hydrogen) atoms. The van der Waals surface area contributed by atoms with Gasteiger partial charge < -0.3 is 26.2 Å². The summed E-state index contributed by atoms with van der Waals surface area (Å²) in [4.78, 5) is 10.6. The van der Waals surface area contributed by atoms with E-state index >= 15 is 0 Å². The topological polar surface area (TPSA) is 124 Å². The van der Waals surface area contributed by atoms with Crippen LogP contribution in [0.1, 0.15) is 0 Å². The van der Waals surface area contributed by atoms with Crippen LogP contribution >= 0.6 is 0 Å². The van der Waals surface area contributed by atoms with Crippen molar-refractivity contribution in [1.29, 1.82) is 0 Å². The van der Waals surface area contributed by atoms with E-state index in [1.165, 1.54) is 0 Å². The third kappa shape index (κ3) is 2.84. The van der Waals surface area contributed by atoms with E-state index in [2.05, 4.69) is 0 Å². The molecule has 0 aromatic carbocycles. The largest absolute Gasteiger partial charge is 0.395 e. The van der Waals surface area contributed by atoms with Gasteiger partial charge in [-0.2, -0.15) is 0 Å². The summed E-state index contributed by atoms with van der Waals surface area (Å²) in [6.45, 7) is -1.41. The summed E-state index contributed by atoms with van der Waals surface area (Å²) in [6, 6.07) is -1.09. The molecule has 0 saturated heterocycles. The number of hydrogen-bond acceptors (Lipinski definition) is 6. The van der Waals surface area contributed by atoms with Crippen LogP contribution in [0, 0.1) is 0 Å². The van der Waals surface area contributed by atoms with Crippen molar-refractivity contribution in [1.82, 2.24) is 0 Å². The molecular formula is C6H13NO5. The van der Waals surface area contributed by atoms with Gasteiger partial charge in [0.2, 0.25) is 0 Å². The highest BCUT2D eigenvalue weighted by Crippen LogP contribution is 1.98. The maximum atomic E-state index is 10.6. The van der Waals surface area contributed by atoms with Crippen LogP contribution in [0.15, 0.2) is 0 Å². The van der Waals surface area contributed by atoms with Gasteiger partial charge in [0.05, 0.1) is 12.6 Å². The first-order chi connectivity index (χ1) is 5.54. The van der Waals surface area contributed by atoms with E-state index in [4.69, 9.17) is 26.2 Å². The third-order valence-corrected chi connectivity index (χ3v) is 1.46. The molecule has 6 heteroatoms. The quantitative estimate of drug-likeness (QED) is 0.299. The number of aliphatic hydroxyl groups is 4. The fourth-order valence-corrected chi connectivity index (χ4v) is 0.626. The van der Waals surface area contributed by atoms with Crippen LogP contribution in [-0.2, 0) is 4.79 Å². The summed E-state index contributed by atoms with van der Waals surface area (Å²) in [6.07, 6.45) is -3.29. The normalized spacial score (nSPS) is 18.4. The molecule has 0 amide bonds. The minimum absolute atomic E-state index is 0.545. The van der Waals surface area contributed by atoms with Gasteiger partial charge >= 0.3 is 0 Å². The highest BCUT2D eigenvalue weighted by Gasteiger charge is 2.27. The van der Waals surface area contributed by atoms with Crippen LogP contribution in [-0.4, -0.2) is 57.7 Å². The molecule has 0 aliphatic rings. The minimum Gasteiger partial charge on any atom is -0.395 e. The summed E-state index contributed by atoms with van der Waals surface area (Å²) < 4.78 is 0. The molecule has 0 bridgehead atoms. The van der Waals surface area contributed by atoms with Gasteiger partial charge in [0.25, 0.3) is 0 Å². The van der Waals surface area contributed by atoms with E-state index in [0.717, 1.165) is 0 Å². The predicted octanol–water partition coefficient (Wildman–Crippen LogP) is -3.41. The molecule has 0 aromatic heterocycles. The lowest BCUT2D eigenvalue weighted by atomic mass is 10.0. The van der Waals surface area contributed by atoms with Crippen LogP contribution in [0.3, 0.4) is 0 Å². The lowest BCUT2D eigenvalue weighted by Gasteiger charge is -2.20. The Morgan fingerprint density at radius 2 is 1.83 bits per heavy atom. The average molecular weight is 179 g/mol. The first-order valence-corrected chi connectivity index (χ1v) is 3.40. The summed E-state index contributed by atoms with van der Waals surface area (Å²) >= 11 is 0. The first-order valence-electron chi connectivity index (χ1n) is 3.40. The van der Waals surface area contributed by atoms with E-state index in [1.807, 2.05) is 0 Å². The predicted molar refractivity (Wildman–Crippen MR) is 39.2 cm³/mol. The highest BCUT2D eigenvalue weighted by molar-refractivity contribution is 5.84. The highest BCUT2D eigenvalue weighted by atomic mass is 16.3. The fourth-order valence-electron chi connectivity index (χ4n) is 0.626. The van der Waals surface area contributed by atoms with Gasteiger partial charge in [0.1, 0.15) is 18.8 Å². The molecule has 0 unspecified atom stereocenters. The first kappa shape index (κ1) is 11.5. The molecule has 6 nitrogen and oxygen atoms in total. The summed E-state index contributed by atoms with van der Waals surface area (Å²) in [5, 5.41) is 34.7. The fraction of sp³-hybridized carbons (Fsp3) is 0.833. The molecule has 0 fully saturated rings. The lowest BCUT2D eigenvalue weighted by molar-refractivity contribution is -0.136. The maximum absolute atomic E-state index is 10.6. The number of Topliss-reactive ketones (excluding diaryl/α,β-unsaturated/α-hetero) is 1. The maximum Gasteiger partial charge on any atom is 0.189 e. The monoisotopic (exact) mass is 179 g/mol. The zero-order valence-corrected chi connectivity index (χ0v) is 6.42. The Kier molecular flexibility index (Phi) is 4.95. The van der Waals surface area contributed by atoms with E-state index in [1.54, 1.807) is 0 Å². The number of nitrogens with two attached hydrogens (primary N) is 1. The summed E-state index contributed by atoms with van der Waals surface area (Å²) in [5.74, 6) is -0.925. The number of aliphatic hydroxyl groups excluding tert-OH is 4. The zero-order valence-electron chi connectivity index (χ0n) is 6.42. The van der Waals surface area contributed by atoms with Crippen molar-refractivity contribution in [3.63, 3.8) is 0 Å². The molecule has 72 valence electrons. The Bertz CT molecular complexity index is 151. The summed E-state index contributed by atoms with van der Waals surface area (Å²) in [5.41, 5.74) is 5.12. The molecular weight excluding hydrogens is 166 g/mol. The van der Waals surface area contributed by atoms with Gasteiger partial charge in [-0.3, -0.25) is 4.79 Å². The van der Waals surface area contributed by atoms with Crippen molar-refractivity contribution >= 4 is 5.78 Å². The minimum atomic E-state index is -1.74. The van der Waals surface area contributed by atoms with Crippen LogP contribution in [0.25, 0.3) is 0 Å². The Labute approximate surface area is 69.2 Å². The van der Waals surface area contributed by atoms with E-state index < -0.39 is 37.2 Å². The summed E-state index contributed by atoms with van der Waals surface area (Å²) in [7, 11) is 0. The number of carbonyl (C=O) groups is 1. The van der Waals surface area contributed by atoms with Crippen molar-refractivity contribution in [3.05, 3.63) is 0 Å². The molecule has 0 spiro atoms. The van der Waals surface area contributed by atoms with Gasteiger partial charge in [-0.05, 0) is 0 Å². The van der Waals surface area contributed by atoms with Gasteiger partial charge in [0, 0.05) is 0 Å². The standard InChI is InChI=1S/C6H13NO5/c7-3(1-8)5(11)6(12)4(10)2-9/h3,5-6,8-9,11-12H,1-2,7H2/t3-,5+,6-/m0/s1. The van der Waals surface area contributed by atoms with E-state index in [0.29, 0.717) is 0 Å². The van der Waals surface area contributed by atoms with Crippen LogP contribution in [0.2, 0.25) is 0 Å². The van der Waals surface area contributed by atoms with Crippen molar-refractivity contribution in [2.45, 2.75) is 18.2 Å².